The topological polar surface area (TPSA) is 51.0 Å². The standard InChI is InChI=1S/C15H20FN3O/c1-5-13(17-4)10(3)15-18-14(19-20-15)11-6-7-12(16)9(2)8-11/h6-8,10,13,17H,5H2,1-4H3. The molecule has 1 aromatic heterocycles. The second-order valence-corrected chi connectivity index (χ2v) is 5.01. The maximum Gasteiger partial charge on any atom is 0.231 e. The van der Waals surface area contributed by atoms with Gasteiger partial charge in [-0.1, -0.05) is 19.0 Å². The fourth-order valence-electron chi connectivity index (χ4n) is 2.30. The van der Waals surface area contributed by atoms with Crippen molar-refractivity contribution < 1.29 is 8.91 Å². The zero-order valence-corrected chi connectivity index (χ0v) is 12.3. The second-order valence-electron chi connectivity index (χ2n) is 5.01. The van der Waals surface area contributed by atoms with Gasteiger partial charge < -0.3 is 9.84 Å². The maximum absolute atomic E-state index is 13.3. The molecule has 1 N–H and O–H groups in total. The Labute approximate surface area is 118 Å². The number of nitrogens with zero attached hydrogens (tertiary/aromatic N) is 2. The molecule has 0 aliphatic heterocycles. The minimum atomic E-state index is -0.230. The number of aryl methyl sites for hydroxylation is 1. The number of benzene rings is 1. The van der Waals surface area contributed by atoms with Gasteiger partial charge in [0.15, 0.2) is 0 Å². The van der Waals surface area contributed by atoms with Crippen molar-refractivity contribution in [1.29, 1.82) is 0 Å². The molecule has 0 saturated heterocycles. The lowest BCUT2D eigenvalue weighted by Crippen LogP contribution is -2.30. The molecule has 0 radical (unpaired) electrons. The normalized spacial score (nSPS) is 14.2. The molecule has 1 heterocycles. The number of aromatic nitrogens is 2. The molecule has 0 spiro atoms. The van der Waals surface area contributed by atoms with Crippen molar-refractivity contribution in [1.82, 2.24) is 15.5 Å². The van der Waals surface area contributed by atoms with Crippen LogP contribution in [0, 0.1) is 12.7 Å². The summed E-state index contributed by atoms with van der Waals surface area (Å²) in [6, 6.07) is 5.10. The van der Waals surface area contributed by atoms with Crippen LogP contribution in [0.5, 0.6) is 0 Å². The van der Waals surface area contributed by atoms with Crippen LogP contribution in [0.2, 0.25) is 0 Å². The Bertz CT molecular complexity index is 578. The molecule has 20 heavy (non-hydrogen) atoms. The van der Waals surface area contributed by atoms with Crippen molar-refractivity contribution in [2.45, 2.75) is 39.2 Å². The van der Waals surface area contributed by atoms with Crippen LogP contribution in [0.3, 0.4) is 0 Å². The molecule has 5 heteroatoms. The summed E-state index contributed by atoms with van der Waals surface area (Å²) in [5.41, 5.74) is 1.34. The average Bonchev–Trinajstić information content (AvgIpc) is 2.93. The Morgan fingerprint density at radius 1 is 1.40 bits per heavy atom. The van der Waals surface area contributed by atoms with Crippen molar-refractivity contribution >= 4 is 0 Å². The molecule has 0 bridgehead atoms. The molecule has 0 aliphatic rings. The van der Waals surface area contributed by atoms with Crippen LogP contribution >= 0.6 is 0 Å². The highest BCUT2D eigenvalue weighted by atomic mass is 19.1. The molecule has 2 aromatic rings. The van der Waals surface area contributed by atoms with Gasteiger partial charge >= 0.3 is 0 Å². The van der Waals surface area contributed by atoms with E-state index < -0.39 is 0 Å². The Morgan fingerprint density at radius 2 is 2.15 bits per heavy atom. The van der Waals surface area contributed by atoms with Gasteiger partial charge in [-0.2, -0.15) is 4.98 Å². The van der Waals surface area contributed by atoms with Crippen LogP contribution in [0.15, 0.2) is 22.7 Å². The summed E-state index contributed by atoms with van der Waals surface area (Å²) in [6.45, 7) is 5.88. The number of hydrogen-bond acceptors (Lipinski definition) is 4. The van der Waals surface area contributed by atoms with Crippen LogP contribution in [0.1, 0.15) is 37.6 Å². The highest BCUT2D eigenvalue weighted by Crippen LogP contribution is 2.24. The third-order valence-electron chi connectivity index (χ3n) is 3.66. The summed E-state index contributed by atoms with van der Waals surface area (Å²) < 4.78 is 18.6. The SMILES string of the molecule is CCC(NC)C(C)c1nc(-c2ccc(F)c(C)c2)no1. The molecule has 2 rings (SSSR count). The molecule has 0 amide bonds. The summed E-state index contributed by atoms with van der Waals surface area (Å²) in [7, 11) is 1.92. The fraction of sp³-hybridized carbons (Fsp3) is 0.467. The van der Waals surface area contributed by atoms with Crippen LogP contribution in [0.4, 0.5) is 4.39 Å². The number of nitrogens with one attached hydrogen (secondary N) is 1. The zero-order chi connectivity index (χ0) is 14.7. The Kier molecular flexibility index (Phi) is 4.49. The first-order valence-corrected chi connectivity index (χ1v) is 6.84. The molecule has 0 aliphatic carbocycles. The predicted octanol–water partition coefficient (Wildman–Crippen LogP) is 3.29. The monoisotopic (exact) mass is 277 g/mol. The summed E-state index contributed by atoms with van der Waals surface area (Å²) >= 11 is 0. The molecule has 2 atom stereocenters. The molecular weight excluding hydrogens is 257 g/mol. The summed E-state index contributed by atoms with van der Waals surface area (Å²) in [6.07, 6.45) is 0.977. The van der Waals surface area contributed by atoms with E-state index in [2.05, 4.69) is 29.3 Å². The van der Waals surface area contributed by atoms with Gasteiger partial charge in [0.1, 0.15) is 5.82 Å². The first-order valence-electron chi connectivity index (χ1n) is 6.84. The number of hydrogen-bond donors (Lipinski definition) is 1. The van der Waals surface area contributed by atoms with Gasteiger partial charge in [-0.25, -0.2) is 4.39 Å². The summed E-state index contributed by atoms with van der Waals surface area (Å²) in [5.74, 6) is 1.00. The molecule has 0 saturated carbocycles. The van der Waals surface area contributed by atoms with Crippen LogP contribution in [0.25, 0.3) is 11.4 Å². The number of rotatable bonds is 5. The van der Waals surface area contributed by atoms with Gasteiger partial charge in [0.05, 0.1) is 5.92 Å². The van der Waals surface area contributed by atoms with E-state index in [1.807, 2.05) is 7.05 Å². The van der Waals surface area contributed by atoms with Crippen LogP contribution in [-0.4, -0.2) is 23.2 Å². The fourth-order valence-corrected chi connectivity index (χ4v) is 2.30. The third kappa shape index (κ3) is 2.88. The lowest BCUT2D eigenvalue weighted by molar-refractivity contribution is 0.326. The minimum absolute atomic E-state index is 0.132. The van der Waals surface area contributed by atoms with Crippen molar-refractivity contribution in [2.75, 3.05) is 7.05 Å². The number of likely N-dealkylation sites (N-methyl/N-ethyl adjacent to an activating group) is 1. The van der Waals surface area contributed by atoms with Gasteiger partial charge in [-0.3, -0.25) is 0 Å². The summed E-state index contributed by atoms with van der Waals surface area (Å²) in [4.78, 5) is 4.43. The highest BCUT2D eigenvalue weighted by molar-refractivity contribution is 5.55. The maximum atomic E-state index is 13.3. The van der Waals surface area contributed by atoms with Gasteiger partial charge in [0.2, 0.25) is 11.7 Å². The average molecular weight is 277 g/mol. The van der Waals surface area contributed by atoms with Crippen molar-refractivity contribution in [2.24, 2.45) is 0 Å². The van der Waals surface area contributed by atoms with E-state index in [4.69, 9.17) is 4.52 Å². The van der Waals surface area contributed by atoms with Crippen LogP contribution in [-0.2, 0) is 0 Å². The first-order chi connectivity index (χ1) is 9.56. The smallest absolute Gasteiger partial charge is 0.231 e. The Balaban J connectivity index is 2.26. The van der Waals surface area contributed by atoms with E-state index in [1.165, 1.54) is 6.07 Å². The van der Waals surface area contributed by atoms with Crippen LogP contribution < -0.4 is 5.32 Å². The van der Waals surface area contributed by atoms with E-state index in [0.29, 0.717) is 23.3 Å². The van der Waals surface area contributed by atoms with E-state index in [1.54, 1.807) is 19.1 Å². The zero-order valence-electron chi connectivity index (χ0n) is 12.3. The van der Waals surface area contributed by atoms with Crippen molar-refractivity contribution in [3.05, 3.63) is 35.5 Å². The largest absolute Gasteiger partial charge is 0.339 e. The van der Waals surface area contributed by atoms with Crippen molar-refractivity contribution in [3.63, 3.8) is 0 Å². The molecule has 4 nitrogen and oxygen atoms in total. The van der Waals surface area contributed by atoms with E-state index in [9.17, 15) is 4.39 Å². The predicted molar refractivity (Wildman–Crippen MR) is 76.0 cm³/mol. The lowest BCUT2D eigenvalue weighted by atomic mass is 10.00. The van der Waals surface area contributed by atoms with Gasteiger partial charge in [0, 0.05) is 11.6 Å². The molecule has 1 aromatic carbocycles. The molecule has 2 unspecified atom stereocenters. The molecular formula is C15H20FN3O. The third-order valence-corrected chi connectivity index (χ3v) is 3.66. The van der Waals surface area contributed by atoms with E-state index in [0.717, 1.165) is 12.0 Å². The van der Waals surface area contributed by atoms with E-state index >= 15 is 0 Å². The van der Waals surface area contributed by atoms with E-state index in [-0.39, 0.29) is 11.7 Å². The lowest BCUT2D eigenvalue weighted by Gasteiger charge is -2.18. The van der Waals surface area contributed by atoms with Crippen molar-refractivity contribution in [3.8, 4) is 11.4 Å². The number of halogens is 1. The Hall–Kier alpha value is -1.75. The van der Waals surface area contributed by atoms with Gasteiger partial charge in [-0.15, -0.1) is 0 Å². The minimum Gasteiger partial charge on any atom is -0.339 e. The second kappa shape index (κ2) is 6.13. The molecule has 108 valence electrons. The first kappa shape index (κ1) is 14.7. The van der Waals surface area contributed by atoms with Gasteiger partial charge in [0.25, 0.3) is 0 Å². The Morgan fingerprint density at radius 3 is 2.75 bits per heavy atom. The quantitative estimate of drug-likeness (QED) is 0.911. The highest BCUT2D eigenvalue weighted by Gasteiger charge is 2.22. The summed E-state index contributed by atoms with van der Waals surface area (Å²) in [5, 5.41) is 7.23. The molecule has 0 fully saturated rings. The van der Waals surface area contributed by atoms with Gasteiger partial charge in [-0.05, 0) is 44.2 Å².